The summed E-state index contributed by atoms with van der Waals surface area (Å²) in [6.07, 6.45) is 1.74. The highest BCUT2D eigenvalue weighted by Crippen LogP contribution is 1.98. The molecule has 0 aliphatic rings. The van der Waals surface area contributed by atoms with E-state index >= 15 is 0 Å². The van der Waals surface area contributed by atoms with E-state index in [9.17, 15) is 4.79 Å². The van der Waals surface area contributed by atoms with Crippen LogP contribution in [0.3, 0.4) is 0 Å². The lowest BCUT2D eigenvalue weighted by atomic mass is 10.4. The van der Waals surface area contributed by atoms with E-state index in [4.69, 9.17) is 9.68 Å². The van der Waals surface area contributed by atoms with E-state index < -0.39 is 0 Å². The Kier molecular flexibility index (Phi) is 2.91. The fraction of sp³-hybridized carbons (Fsp3) is 0.250. The van der Waals surface area contributed by atoms with Crippen molar-refractivity contribution in [2.24, 2.45) is 0 Å². The highest BCUT2D eigenvalue weighted by Gasteiger charge is 2.05. The summed E-state index contributed by atoms with van der Waals surface area (Å²) in [5, 5.41) is 10.7. The van der Waals surface area contributed by atoms with Gasteiger partial charge in [-0.2, -0.15) is 5.26 Å². The summed E-state index contributed by atoms with van der Waals surface area (Å²) >= 11 is 0. The van der Waals surface area contributed by atoms with Crippen LogP contribution in [0.25, 0.3) is 0 Å². The van der Waals surface area contributed by atoms with Gasteiger partial charge >= 0.3 is 0 Å². The van der Waals surface area contributed by atoms with Crippen molar-refractivity contribution in [2.45, 2.75) is 6.42 Å². The van der Waals surface area contributed by atoms with Gasteiger partial charge in [-0.05, 0) is 12.1 Å². The van der Waals surface area contributed by atoms with Crippen molar-refractivity contribution in [3.8, 4) is 6.07 Å². The maximum Gasteiger partial charge on any atom is 0.287 e. The van der Waals surface area contributed by atoms with E-state index in [1.54, 1.807) is 12.1 Å². The molecule has 0 aliphatic carbocycles. The van der Waals surface area contributed by atoms with E-state index in [0.29, 0.717) is 13.0 Å². The zero-order valence-corrected chi connectivity index (χ0v) is 6.41. The quantitative estimate of drug-likeness (QED) is 0.675. The maximum atomic E-state index is 11.1. The summed E-state index contributed by atoms with van der Waals surface area (Å²) in [6.45, 7) is 0.357. The van der Waals surface area contributed by atoms with E-state index in [2.05, 4.69) is 5.32 Å². The van der Waals surface area contributed by atoms with Crippen LogP contribution in [-0.4, -0.2) is 12.5 Å². The first-order chi connectivity index (χ1) is 5.84. The monoisotopic (exact) mass is 164 g/mol. The Balaban J connectivity index is 2.36. The molecular weight excluding hydrogens is 156 g/mol. The summed E-state index contributed by atoms with van der Waals surface area (Å²) in [5.41, 5.74) is 0. The lowest BCUT2D eigenvalue weighted by Crippen LogP contribution is -2.23. The van der Waals surface area contributed by atoms with Gasteiger partial charge in [0.25, 0.3) is 5.91 Å². The zero-order chi connectivity index (χ0) is 8.81. The van der Waals surface area contributed by atoms with Crippen molar-refractivity contribution >= 4 is 5.91 Å². The molecule has 1 aromatic rings. The van der Waals surface area contributed by atoms with Crippen LogP contribution in [0.4, 0.5) is 0 Å². The Morgan fingerprint density at radius 3 is 3.17 bits per heavy atom. The van der Waals surface area contributed by atoms with Crippen LogP contribution in [0.5, 0.6) is 0 Å². The average Bonchev–Trinajstić information content (AvgIpc) is 2.56. The molecule has 0 saturated heterocycles. The van der Waals surface area contributed by atoms with E-state index in [-0.39, 0.29) is 11.7 Å². The second-order valence-corrected chi connectivity index (χ2v) is 2.14. The van der Waals surface area contributed by atoms with Gasteiger partial charge in [-0.25, -0.2) is 0 Å². The molecule has 0 bridgehead atoms. The number of carbonyl (C=O) groups excluding carboxylic acids is 1. The second-order valence-electron chi connectivity index (χ2n) is 2.14. The van der Waals surface area contributed by atoms with Gasteiger partial charge in [0, 0.05) is 6.54 Å². The molecule has 0 atom stereocenters. The number of furan rings is 1. The van der Waals surface area contributed by atoms with Crippen molar-refractivity contribution in [2.75, 3.05) is 6.54 Å². The van der Waals surface area contributed by atoms with Crippen LogP contribution in [0.1, 0.15) is 17.0 Å². The lowest BCUT2D eigenvalue weighted by molar-refractivity contribution is 0.0927. The molecule has 1 rings (SSSR count). The Morgan fingerprint density at radius 2 is 2.58 bits per heavy atom. The minimum Gasteiger partial charge on any atom is -0.459 e. The van der Waals surface area contributed by atoms with Gasteiger partial charge in [0.15, 0.2) is 5.76 Å². The van der Waals surface area contributed by atoms with Crippen LogP contribution in [0, 0.1) is 11.3 Å². The van der Waals surface area contributed by atoms with Gasteiger partial charge in [-0.3, -0.25) is 4.79 Å². The SMILES string of the molecule is N#CCCNC(=O)c1ccco1. The van der Waals surface area contributed by atoms with Crippen molar-refractivity contribution in [1.29, 1.82) is 5.26 Å². The first kappa shape index (κ1) is 8.34. The second kappa shape index (κ2) is 4.19. The number of rotatable bonds is 3. The third kappa shape index (κ3) is 2.13. The number of nitrogens with one attached hydrogen (secondary N) is 1. The molecule has 1 heterocycles. The first-order valence-electron chi connectivity index (χ1n) is 3.53. The molecule has 0 fully saturated rings. The maximum absolute atomic E-state index is 11.1. The zero-order valence-electron chi connectivity index (χ0n) is 6.41. The Labute approximate surface area is 69.8 Å². The highest BCUT2D eigenvalue weighted by atomic mass is 16.3. The van der Waals surface area contributed by atoms with E-state index in [0.717, 1.165) is 0 Å². The van der Waals surface area contributed by atoms with Crippen LogP contribution in [0.15, 0.2) is 22.8 Å². The number of hydrogen-bond donors (Lipinski definition) is 1. The highest BCUT2D eigenvalue weighted by molar-refractivity contribution is 5.91. The fourth-order valence-corrected chi connectivity index (χ4v) is 0.727. The van der Waals surface area contributed by atoms with E-state index in [1.807, 2.05) is 6.07 Å². The molecule has 0 radical (unpaired) electrons. The van der Waals surface area contributed by atoms with Gasteiger partial charge < -0.3 is 9.73 Å². The molecule has 12 heavy (non-hydrogen) atoms. The molecule has 62 valence electrons. The summed E-state index contributed by atoms with van der Waals surface area (Å²) < 4.78 is 4.83. The fourth-order valence-electron chi connectivity index (χ4n) is 0.727. The van der Waals surface area contributed by atoms with Crippen molar-refractivity contribution in [3.63, 3.8) is 0 Å². The molecule has 0 spiro atoms. The number of carbonyl (C=O) groups is 1. The summed E-state index contributed by atoms with van der Waals surface area (Å²) in [5.74, 6) is -0.0109. The lowest BCUT2D eigenvalue weighted by Gasteiger charge is -1.97. The summed E-state index contributed by atoms with van der Waals surface area (Å²) in [7, 11) is 0. The van der Waals surface area contributed by atoms with Crippen molar-refractivity contribution in [1.82, 2.24) is 5.32 Å². The van der Waals surface area contributed by atoms with Crippen LogP contribution < -0.4 is 5.32 Å². The smallest absolute Gasteiger partial charge is 0.287 e. The van der Waals surface area contributed by atoms with Gasteiger partial charge in [-0.1, -0.05) is 0 Å². The third-order valence-electron chi connectivity index (χ3n) is 1.27. The molecular formula is C8H8N2O2. The average molecular weight is 164 g/mol. The molecule has 1 aromatic heterocycles. The minimum absolute atomic E-state index is 0.271. The molecule has 0 saturated carbocycles. The number of nitriles is 1. The van der Waals surface area contributed by atoms with Crippen LogP contribution in [0.2, 0.25) is 0 Å². The van der Waals surface area contributed by atoms with Gasteiger partial charge in [-0.15, -0.1) is 0 Å². The number of hydrogen-bond acceptors (Lipinski definition) is 3. The van der Waals surface area contributed by atoms with Crippen LogP contribution >= 0.6 is 0 Å². The molecule has 4 heteroatoms. The molecule has 0 aliphatic heterocycles. The predicted molar refractivity (Wildman–Crippen MR) is 41.3 cm³/mol. The standard InChI is InChI=1S/C8H8N2O2/c9-4-2-5-10-8(11)7-3-1-6-12-7/h1,3,6H,2,5H2,(H,10,11). The normalized spacial score (nSPS) is 8.92. The molecule has 1 amide bonds. The molecule has 0 unspecified atom stereocenters. The molecule has 0 aromatic carbocycles. The molecule has 4 nitrogen and oxygen atoms in total. The Morgan fingerprint density at radius 1 is 1.75 bits per heavy atom. The topological polar surface area (TPSA) is 66.0 Å². The Hall–Kier alpha value is -1.76. The van der Waals surface area contributed by atoms with Gasteiger partial charge in [0.2, 0.25) is 0 Å². The summed E-state index contributed by atoms with van der Waals surface area (Å²) in [4.78, 5) is 11.1. The van der Waals surface area contributed by atoms with Gasteiger partial charge in [0.1, 0.15) is 0 Å². The summed E-state index contributed by atoms with van der Waals surface area (Å²) in [6, 6.07) is 5.13. The predicted octanol–water partition coefficient (Wildman–Crippen LogP) is 0.923. The number of nitrogens with zero attached hydrogens (tertiary/aromatic N) is 1. The third-order valence-corrected chi connectivity index (χ3v) is 1.27. The van der Waals surface area contributed by atoms with Crippen molar-refractivity contribution in [3.05, 3.63) is 24.2 Å². The molecule has 1 N–H and O–H groups in total. The van der Waals surface area contributed by atoms with Crippen molar-refractivity contribution < 1.29 is 9.21 Å². The van der Waals surface area contributed by atoms with Crippen LogP contribution in [-0.2, 0) is 0 Å². The van der Waals surface area contributed by atoms with Gasteiger partial charge in [0.05, 0.1) is 18.8 Å². The number of amides is 1. The largest absolute Gasteiger partial charge is 0.459 e. The first-order valence-corrected chi connectivity index (χ1v) is 3.53. The Bertz CT molecular complexity index is 285. The minimum atomic E-state index is -0.282. The van der Waals surface area contributed by atoms with E-state index in [1.165, 1.54) is 6.26 Å².